The van der Waals surface area contributed by atoms with E-state index >= 15 is 0 Å². The SMILES string of the molecule is CC(C)(c1ccc(N=C=O)cc1)c1ccc(OC#N)cc1.Cc1ccc(C(C)(C)c2ccc(Oc3nc(Oc4ccc(C(C)(C)c5ccc(C)cc5)cc4)nc(Oc4ccc(C(C)(C)c5ccc(C)cc5)cc4)n3)cc2)cc1. The van der Waals surface area contributed by atoms with Crippen LogP contribution < -0.4 is 18.9 Å². The molecular weight excluding hydrogens is 967 g/mol. The van der Waals surface area contributed by atoms with Gasteiger partial charge in [-0.3, -0.25) is 0 Å². The van der Waals surface area contributed by atoms with Crippen LogP contribution in [0.5, 0.6) is 41.0 Å². The van der Waals surface area contributed by atoms with Gasteiger partial charge in [-0.1, -0.05) is 206 Å². The van der Waals surface area contributed by atoms with Crippen LogP contribution in [-0.2, 0) is 26.5 Å². The maximum atomic E-state index is 10.2. The van der Waals surface area contributed by atoms with Crippen LogP contribution in [0.2, 0.25) is 0 Å². The first-order chi connectivity index (χ1) is 37.2. The van der Waals surface area contributed by atoms with E-state index in [1.165, 1.54) is 39.5 Å². The van der Waals surface area contributed by atoms with E-state index in [1.807, 2.05) is 60.7 Å². The molecule has 9 aromatic rings. The summed E-state index contributed by atoms with van der Waals surface area (Å²) in [6.45, 7) is 23.8. The molecule has 1 aromatic heterocycles. The number of aryl methyl sites for hydroxylation is 3. The fourth-order valence-electron chi connectivity index (χ4n) is 9.17. The lowest BCUT2D eigenvalue weighted by atomic mass is 9.78. The van der Waals surface area contributed by atoms with Crippen LogP contribution in [0.15, 0.2) is 199 Å². The smallest absolute Gasteiger partial charge is 0.331 e. The van der Waals surface area contributed by atoms with Crippen molar-refractivity contribution in [3.63, 3.8) is 0 Å². The summed E-state index contributed by atoms with van der Waals surface area (Å²) in [6, 6.07) is 65.0. The molecule has 0 unspecified atom stereocenters. The van der Waals surface area contributed by atoms with E-state index in [9.17, 15) is 4.79 Å². The molecule has 78 heavy (non-hydrogen) atoms. The lowest BCUT2D eigenvalue weighted by Crippen LogP contribution is -2.18. The van der Waals surface area contributed by atoms with Gasteiger partial charge in [-0.25, -0.2) is 4.79 Å². The number of benzene rings is 8. The second-order valence-corrected chi connectivity index (χ2v) is 21.6. The third-order valence-electron chi connectivity index (χ3n) is 14.8. The Balaban J connectivity index is 0.000000320. The minimum atomic E-state index is -0.214. The molecule has 0 N–H and O–H groups in total. The lowest BCUT2D eigenvalue weighted by molar-refractivity contribution is 0.362. The van der Waals surface area contributed by atoms with Crippen molar-refractivity contribution in [3.8, 4) is 47.3 Å². The summed E-state index contributed by atoms with van der Waals surface area (Å²) in [5.74, 6) is 2.25. The molecule has 9 rings (SSSR count). The molecule has 0 aliphatic heterocycles. The molecule has 8 aromatic carbocycles. The van der Waals surface area contributed by atoms with Gasteiger partial charge in [0.2, 0.25) is 6.08 Å². The number of isocyanates is 1. The van der Waals surface area contributed by atoms with Crippen LogP contribution in [-0.4, -0.2) is 21.0 Å². The quantitative estimate of drug-likeness (QED) is 0.0528. The van der Waals surface area contributed by atoms with Gasteiger partial charge in [0.25, 0.3) is 6.26 Å². The van der Waals surface area contributed by atoms with Gasteiger partial charge in [-0.15, -0.1) is 20.2 Å². The van der Waals surface area contributed by atoms with Gasteiger partial charge in [0.15, 0.2) is 0 Å². The van der Waals surface area contributed by atoms with E-state index in [0.717, 1.165) is 27.8 Å². The number of aromatic nitrogens is 3. The van der Waals surface area contributed by atoms with Crippen LogP contribution in [0.1, 0.15) is 117 Å². The van der Waals surface area contributed by atoms with Crippen molar-refractivity contribution in [1.82, 2.24) is 15.0 Å². The van der Waals surface area contributed by atoms with Crippen molar-refractivity contribution in [1.29, 1.82) is 5.26 Å². The third-order valence-corrected chi connectivity index (χ3v) is 14.8. The van der Waals surface area contributed by atoms with Crippen LogP contribution in [0.3, 0.4) is 0 Å². The maximum Gasteiger partial charge on any atom is 0.331 e. The van der Waals surface area contributed by atoms with Gasteiger partial charge in [0.05, 0.1) is 5.69 Å². The highest BCUT2D eigenvalue weighted by atomic mass is 16.5. The number of aliphatic imine (C=N–C) groups is 1. The zero-order valence-electron chi connectivity index (χ0n) is 46.3. The summed E-state index contributed by atoms with van der Waals surface area (Å²) in [5, 5.41) is 8.49. The van der Waals surface area contributed by atoms with E-state index in [-0.39, 0.29) is 39.7 Å². The molecule has 392 valence electrons. The van der Waals surface area contributed by atoms with E-state index < -0.39 is 0 Å². The average molecular weight is 1030 g/mol. The van der Waals surface area contributed by atoms with Crippen molar-refractivity contribution in [2.75, 3.05) is 0 Å². The minimum absolute atomic E-state index is 0.0507. The highest BCUT2D eigenvalue weighted by molar-refractivity contribution is 5.52. The number of carbonyl (C=O) groups excluding carboxylic acids is 1. The Morgan fingerprint density at radius 3 is 0.795 bits per heavy atom. The van der Waals surface area contributed by atoms with Crippen LogP contribution >= 0.6 is 0 Å². The lowest BCUT2D eigenvalue weighted by Gasteiger charge is -2.26. The van der Waals surface area contributed by atoms with Crippen LogP contribution in [0, 0.1) is 32.3 Å². The summed E-state index contributed by atoms with van der Waals surface area (Å²) in [7, 11) is 0. The van der Waals surface area contributed by atoms with E-state index in [1.54, 1.807) is 30.5 Å². The van der Waals surface area contributed by atoms with Gasteiger partial charge < -0.3 is 18.9 Å². The Hall–Kier alpha value is -9.16. The molecule has 1 heterocycles. The minimum Gasteiger partial charge on any atom is -0.424 e. The first kappa shape index (κ1) is 55.1. The molecule has 10 nitrogen and oxygen atoms in total. The van der Waals surface area contributed by atoms with Crippen LogP contribution in [0.25, 0.3) is 0 Å². The second-order valence-electron chi connectivity index (χ2n) is 21.6. The second kappa shape index (κ2) is 23.4. The normalized spacial score (nSPS) is 11.5. The van der Waals surface area contributed by atoms with E-state index in [4.69, 9.17) is 24.2 Å². The molecule has 0 fully saturated rings. The van der Waals surface area contributed by atoms with Crippen molar-refractivity contribution in [2.24, 2.45) is 4.99 Å². The highest BCUT2D eigenvalue weighted by Crippen LogP contribution is 2.38. The monoisotopic (exact) mass is 1030 g/mol. The topological polar surface area (TPSA) is 129 Å². The summed E-state index contributed by atoms with van der Waals surface area (Å²) >= 11 is 0. The number of hydrogen-bond acceptors (Lipinski definition) is 10. The number of hydrogen-bond donors (Lipinski definition) is 0. The first-order valence-electron chi connectivity index (χ1n) is 25.9. The molecule has 0 radical (unpaired) electrons. The first-order valence-corrected chi connectivity index (χ1v) is 25.9. The Bertz CT molecular complexity index is 3250. The standard InChI is InChI=1S/C51H51N3O3.C17H14N2O2/c1-34-10-16-37(17-11-34)49(4,5)40-22-28-43(29-23-40)55-46-52-47(56-44-30-24-41(25-31-44)50(6,7)38-18-12-35(2)13-19-38)54-48(53-46)57-45-32-26-42(27-33-45)51(8,9)39-20-14-36(3)15-21-39;1-17(2,13-3-7-15(8-4-13)19-12-20)14-5-9-16(10-6-14)21-11-18/h10-33H,1-9H3;3-10H,1-2H3. The summed E-state index contributed by atoms with van der Waals surface area (Å²) in [5.41, 5.74) is 12.9. The van der Waals surface area contributed by atoms with Crippen molar-refractivity contribution in [3.05, 3.63) is 255 Å². The fraction of sp³-hybridized carbons (Fsp3) is 0.221. The molecule has 0 amide bonds. The van der Waals surface area contributed by atoms with Gasteiger partial charge in [0, 0.05) is 21.7 Å². The average Bonchev–Trinajstić information content (AvgIpc) is 3.43. The van der Waals surface area contributed by atoms with Gasteiger partial charge >= 0.3 is 18.0 Å². The van der Waals surface area contributed by atoms with Gasteiger partial charge in [-0.05, 0) is 126 Å². The molecular formula is C68H65N5O5. The summed E-state index contributed by atoms with van der Waals surface area (Å²) < 4.78 is 23.5. The Morgan fingerprint density at radius 1 is 0.346 bits per heavy atom. The molecule has 0 atom stereocenters. The predicted molar refractivity (Wildman–Crippen MR) is 308 cm³/mol. The Labute approximate surface area is 459 Å². The number of nitriles is 1. The van der Waals surface area contributed by atoms with E-state index in [2.05, 4.69) is 205 Å². The number of rotatable bonds is 16. The summed E-state index contributed by atoms with van der Waals surface area (Å²) in [6.07, 6.45) is 3.18. The Kier molecular flexibility index (Phi) is 16.5. The number of nitrogens with zero attached hydrogens (tertiary/aromatic N) is 5. The largest absolute Gasteiger partial charge is 0.424 e. The zero-order chi connectivity index (χ0) is 55.7. The summed E-state index contributed by atoms with van der Waals surface area (Å²) in [4.78, 5) is 27.5. The zero-order valence-corrected chi connectivity index (χ0v) is 46.3. The molecule has 0 spiro atoms. The molecule has 10 heteroatoms. The third kappa shape index (κ3) is 13.1. The molecule has 0 saturated carbocycles. The van der Waals surface area contributed by atoms with E-state index in [0.29, 0.717) is 28.7 Å². The Morgan fingerprint density at radius 2 is 0.564 bits per heavy atom. The maximum absolute atomic E-state index is 10.2. The molecule has 0 aliphatic carbocycles. The highest BCUT2D eigenvalue weighted by Gasteiger charge is 2.27. The number of ether oxygens (including phenoxy) is 4. The van der Waals surface area contributed by atoms with Crippen molar-refractivity contribution in [2.45, 2.75) is 97.8 Å². The molecule has 0 aliphatic rings. The molecule has 0 bridgehead atoms. The van der Waals surface area contributed by atoms with Crippen molar-refractivity contribution < 1.29 is 23.7 Å². The van der Waals surface area contributed by atoms with Crippen LogP contribution in [0.4, 0.5) is 5.69 Å². The fourth-order valence-corrected chi connectivity index (χ4v) is 9.17. The van der Waals surface area contributed by atoms with Crippen molar-refractivity contribution >= 4 is 11.8 Å². The van der Waals surface area contributed by atoms with Gasteiger partial charge in [0.1, 0.15) is 23.0 Å². The van der Waals surface area contributed by atoms with Gasteiger partial charge in [-0.2, -0.15) is 4.99 Å². The molecule has 0 saturated heterocycles. The predicted octanol–water partition coefficient (Wildman–Crippen LogP) is 17.0.